The number of aromatic nitrogens is 2. The summed E-state index contributed by atoms with van der Waals surface area (Å²) < 4.78 is 2.11. The zero-order valence-corrected chi connectivity index (χ0v) is 9.20. The van der Waals surface area contributed by atoms with E-state index in [4.69, 9.17) is 0 Å². The Balaban J connectivity index is 2.21. The molecule has 2 nitrogen and oxygen atoms in total. The van der Waals surface area contributed by atoms with Crippen LogP contribution in [0.1, 0.15) is 6.42 Å². The molecule has 15 heavy (non-hydrogen) atoms. The summed E-state index contributed by atoms with van der Waals surface area (Å²) in [4.78, 5) is 1.37. The number of fused-ring (bicyclic) bond motifs is 3. The summed E-state index contributed by atoms with van der Waals surface area (Å²) in [6, 6.07) is 10.7. The molecule has 0 N–H and O–H groups in total. The van der Waals surface area contributed by atoms with E-state index in [-0.39, 0.29) is 0 Å². The number of benzene rings is 1. The lowest BCUT2D eigenvalue weighted by molar-refractivity contribution is 0.610. The molecule has 3 rings (SSSR count). The van der Waals surface area contributed by atoms with E-state index in [0.29, 0.717) is 0 Å². The third-order valence-corrected chi connectivity index (χ3v) is 3.81. The highest BCUT2D eigenvalue weighted by atomic mass is 32.2. The van der Waals surface area contributed by atoms with Crippen molar-refractivity contribution >= 4 is 11.8 Å². The van der Waals surface area contributed by atoms with E-state index in [1.54, 1.807) is 0 Å². The molecule has 1 aromatic carbocycles. The maximum absolute atomic E-state index is 4.36. The molecule has 2 aromatic rings. The number of rotatable bonds is 0. The molecule has 0 atom stereocenters. The first-order valence-electron chi connectivity index (χ1n) is 5.19. The van der Waals surface area contributed by atoms with Gasteiger partial charge in [-0.1, -0.05) is 18.2 Å². The first kappa shape index (κ1) is 9.04. The lowest BCUT2D eigenvalue weighted by Gasteiger charge is -2.14. The molecule has 0 radical (unpaired) electrons. The van der Waals surface area contributed by atoms with Crippen molar-refractivity contribution in [2.45, 2.75) is 17.9 Å². The van der Waals surface area contributed by atoms with Crippen LogP contribution in [-0.2, 0) is 6.54 Å². The molecule has 0 unspecified atom stereocenters. The van der Waals surface area contributed by atoms with E-state index in [1.165, 1.54) is 28.3 Å². The summed E-state index contributed by atoms with van der Waals surface area (Å²) in [6.07, 6.45) is 3.08. The molecule has 3 heteroatoms. The Bertz CT molecular complexity index is 476. The van der Waals surface area contributed by atoms with E-state index in [1.807, 2.05) is 18.0 Å². The lowest BCUT2D eigenvalue weighted by Crippen LogP contribution is -2.05. The first-order valence-corrected chi connectivity index (χ1v) is 6.18. The quantitative estimate of drug-likeness (QED) is 0.673. The van der Waals surface area contributed by atoms with E-state index in [0.717, 1.165) is 6.54 Å². The van der Waals surface area contributed by atoms with Gasteiger partial charge in [-0.05, 0) is 24.3 Å². The van der Waals surface area contributed by atoms with Crippen molar-refractivity contribution in [2.24, 2.45) is 0 Å². The zero-order valence-electron chi connectivity index (χ0n) is 8.39. The Kier molecular flexibility index (Phi) is 2.25. The van der Waals surface area contributed by atoms with E-state index in [9.17, 15) is 0 Å². The van der Waals surface area contributed by atoms with Crippen molar-refractivity contribution in [3.63, 3.8) is 0 Å². The molecule has 0 aliphatic carbocycles. The second kappa shape index (κ2) is 3.74. The number of thioether (sulfide) groups is 1. The fraction of sp³-hybridized carbons (Fsp3) is 0.250. The van der Waals surface area contributed by atoms with Crippen LogP contribution in [0.2, 0.25) is 0 Å². The SMILES string of the molecule is c1ccc2c(c1)SCCCn1nccc1-2. The predicted molar refractivity (Wildman–Crippen MR) is 63.0 cm³/mol. The van der Waals surface area contributed by atoms with Gasteiger partial charge in [-0.15, -0.1) is 11.8 Å². The lowest BCUT2D eigenvalue weighted by atomic mass is 10.1. The summed E-state index contributed by atoms with van der Waals surface area (Å²) in [7, 11) is 0. The van der Waals surface area contributed by atoms with Crippen LogP contribution < -0.4 is 0 Å². The standard InChI is InChI=1S/C12H12N2S/c1-2-5-12-10(4-1)11-6-7-13-14(11)8-3-9-15-12/h1-2,4-7H,3,8-9H2. The number of nitrogens with zero attached hydrogens (tertiary/aromatic N) is 2. The second-order valence-electron chi connectivity index (χ2n) is 3.64. The summed E-state index contributed by atoms with van der Waals surface area (Å²) >= 11 is 1.95. The van der Waals surface area contributed by atoms with Gasteiger partial charge in [-0.25, -0.2) is 0 Å². The maximum atomic E-state index is 4.36. The molecule has 1 aliphatic heterocycles. The van der Waals surface area contributed by atoms with Crippen molar-refractivity contribution in [1.82, 2.24) is 9.78 Å². The molecule has 1 aliphatic rings. The summed E-state index contributed by atoms with van der Waals surface area (Å²) in [5, 5.41) is 4.36. The van der Waals surface area contributed by atoms with Crippen LogP contribution in [0.4, 0.5) is 0 Å². The van der Waals surface area contributed by atoms with Gasteiger partial charge < -0.3 is 0 Å². The Morgan fingerprint density at radius 1 is 1.20 bits per heavy atom. The van der Waals surface area contributed by atoms with Gasteiger partial charge in [0.2, 0.25) is 0 Å². The fourth-order valence-electron chi connectivity index (χ4n) is 1.94. The van der Waals surface area contributed by atoms with Gasteiger partial charge >= 0.3 is 0 Å². The first-order chi connectivity index (χ1) is 7.45. The van der Waals surface area contributed by atoms with Crippen molar-refractivity contribution in [1.29, 1.82) is 0 Å². The molecular formula is C12H12N2S. The van der Waals surface area contributed by atoms with Gasteiger partial charge in [-0.3, -0.25) is 4.68 Å². The van der Waals surface area contributed by atoms with Crippen LogP contribution in [0.3, 0.4) is 0 Å². The highest BCUT2D eigenvalue weighted by Gasteiger charge is 2.12. The predicted octanol–water partition coefficient (Wildman–Crippen LogP) is 3.05. The van der Waals surface area contributed by atoms with Gasteiger partial charge in [0.15, 0.2) is 0 Å². The summed E-state index contributed by atoms with van der Waals surface area (Å²) in [6.45, 7) is 1.03. The molecule has 0 saturated carbocycles. The van der Waals surface area contributed by atoms with E-state index < -0.39 is 0 Å². The summed E-state index contributed by atoms with van der Waals surface area (Å²) in [5.74, 6) is 1.18. The topological polar surface area (TPSA) is 17.8 Å². The average Bonchev–Trinajstić information content (AvgIpc) is 2.69. The fourth-order valence-corrected chi connectivity index (χ4v) is 2.94. The normalized spacial score (nSPS) is 14.9. The second-order valence-corrected chi connectivity index (χ2v) is 4.77. The van der Waals surface area contributed by atoms with Crippen LogP contribution in [0.25, 0.3) is 11.3 Å². The highest BCUT2D eigenvalue weighted by molar-refractivity contribution is 7.99. The Hall–Kier alpha value is -1.22. The molecule has 76 valence electrons. The van der Waals surface area contributed by atoms with Crippen LogP contribution in [-0.4, -0.2) is 15.5 Å². The van der Waals surface area contributed by atoms with Gasteiger partial charge in [0.1, 0.15) is 0 Å². The molecule has 0 saturated heterocycles. The van der Waals surface area contributed by atoms with Crippen molar-refractivity contribution < 1.29 is 0 Å². The number of hydrogen-bond acceptors (Lipinski definition) is 2. The molecule has 0 spiro atoms. The minimum absolute atomic E-state index is 1.03. The number of hydrogen-bond donors (Lipinski definition) is 0. The zero-order chi connectivity index (χ0) is 10.1. The van der Waals surface area contributed by atoms with Crippen LogP contribution in [0, 0.1) is 0 Å². The van der Waals surface area contributed by atoms with Crippen LogP contribution in [0.15, 0.2) is 41.4 Å². The van der Waals surface area contributed by atoms with Crippen molar-refractivity contribution in [3.8, 4) is 11.3 Å². The monoisotopic (exact) mass is 216 g/mol. The van der Waals surface area contributed by atoms with Gasteiger partial charge in [0.05, 0.1) is 5.69 Å². The maximum Gasteiger partial charge on any atom is 0.0693 e. The largest absolute Gasteiger partial charge is 0.265 e. The van der Waals surface area contributed by atoms with Crippen LogP contribution in [0.5, 0.6) is 0 Å². The van der Waals surface area contributed by atoms with Gasteiger partial charge in [0.25, 0.3) is 0 Å². The molecule has 0 bridgehead atoms. The van der Waals surface area contributed by atoms with Gasteiger partial charge in [0, 0.05) is 23.2 Å². The van der Waals surface area contributed by atoms with Gasteiger partial charge in [-0.2, -0.15) is 5.10 Å². The van der Waals surface area contributed by atoms with E-state index in [2.05, 4.69) is 40.1 Å². The molecular weight excluding hydrogens is 204 g/mol. The Morgan fingerprint density at radius 3 is 3.13 bits per heavy atom. The third-order valence-electron chi connectivity index (χ3n) is 2.65. The molecule has 0 amide bonds. The molecule has 0 fully saturated rings. The summed E-state index contributed by atoms with van der Waals surface area (Å²) in [5.41, 5.74) is 2.57. The minimum Gasteiger partial charge on any atom is -0.265 e. The minimum atomic E-state index is 1.03. The molecule has 1 aromatic heterocycles. The third kappa shape index (κ3) is 1.57. The van der Waals surface area contributed by atoms with Crippen LogP contribution >= 0.6 is 11.8 Å². The average molecular weight is 216 g/mol. The number of aryl methyl sites for hydroxylation is 1. The Labute approximate surface area is 93.3 Å². The van der Waals surface area contributed by atoms with Crippen molar-refractivity contribution in [2.75, 3.05) is 5.75 Å². The highest BCUT2D eigenvalue weighted by Crippen LogP contribution is 2.33. The molecule has 2 heterocycles. The smallest absolute Gasteiger partial charge is 0.0693 e. The van der Waals surface area contributed by atoms with E-state index >= 15 is 0 Å². The van der Waals surface area contributed by atoms with Crippen molar-refractivity contribution in [3.05, 3.63) is 36.5 Å². The Morgan fingerprint density at radius 2 is 2.13 bits per heavy atom.